The number of nitrogens with one attached hydrogen (secondary N) is 1. The number of sulfonamides is 1. The zero-order valence-corrected chi connectivity index (χ0v) is 11.5. The van der Waals surface area contributed by atoms with Crippen LogP contribution in [0.15, 0.2) is 22.8 Å². The number of aryl methyl sites for hydroxylation is 1. The van der Waals surface area contributed by atoms with E-state index in [1.54, 1.807) is 17.1 Å². The number of rotatable bonds is 6. The Kier molecular flexibility index (Phi) is 4.27. The summed E-state index contributed by atoms with van der Waals surface area (Å²) in [5.74, 6) is 0. The van der Waals surface area contributed by atoms with Gasteiger partial charge in [0, 0.05) is 19.3 Å². The van der Waals surface area contributed by atoms with Crippen LogP contribution in [0.4, 0.5) is 0 Å². The van der Waals surface area contributed by atoms with E-state index in [1.807, 2.05) is 0 Å². The Labute approximate surface area is 113 Å². The third-order valence-corrected chi connectivity index (χ3v) is 5.09. The Hall–Kier alpha value is -1.03. The molecular weight excluding hydrogens is 298 g/mol. The molecule has 1 N–H and O–H groups in total. The minimum absolute atomic E-state index is 0.119. The normalized spacial score (nSPS) is 11.8. The average molecular weight is 308 g/mol. The quantitative estimate of drug-likeness (QED) is 0.796. The molecule has 0 saturated heterocycles. The van der Waals surface area contributed by atoms with Gasteiger partial charge in [0.1, 0.15) is 0 Å². The molecule has 7 nitrogen and oxygen atoms in total. The van der Waals surface area contributed by atoms with Crippen molar-refractivity contribution in [3.8, 4) is 0 Å². The third-order valence-electron chi connectivity index (χ3n) is 2.05. The predicted molar refractivity (Wildman–Crippen MR) is 67.0 cm³/mol. The molecule has 2 aromatic rings. The number of hydrogen-bond donors (Lipinski definition) is 1. The van der Waals surface area contributed by atoms with Crippen LogP contribution >= 0.6 is 22.9 Å². The maximum atomic E-state index is 11.8. The Morgan fingerprint density at radius 3 is 2.94 bits per heavy atom. The van der Waals surface area contributed by atoms with E-state index in [0.29, 0.717) is 19.5 Å². The first-order chi connectivity index (χ1) is 8.58. The van der Waals surface area contributed by atoms with Crippen LogP contribution in [0.25, 0.3) is 0 Å². The molecule has 0 saturated carbocycles. The second-order valence-corrected chi connectivity index (χ2v) is 6.96. The molecule has 2 rings (SSSR count). The molecule has 0 amide bonds. The zero-order valence-electron chi connectivity index (χ0n) is 9.15. The Bertz CT molecular complexity index is 595. The monoisotopic (exact) mass is 307 g/mol. The summed E-state index contributed by atoms with van der Waals surface area (Å²) in [4.78, 5) is 3.69. The van der Waals surface area contributed by atoms with E-state index in [4.69, 9.17) is 11.6 Å². The van der Waals surface area contributed by atoms with Crippen molar-refractivity contribution in [2.24, 2.45) is 0 Å². The van der Waals surface area contributed by atoms with Crippen LogP contribution in [0.2, 0.25) is 4.47 Å². The molecule has 10 heteroatoms. The molecule has 0 atom stereocenters. The van der Waals surface area contributed by atoms with Gasteiger partial charge >= 0.3 is 0 Å². The first kappa shape index (κ1) is 13.4. The number of hydrogen-bond acceptors (Lipinski definition) is 6. The number of halogens is 1. The fourth-order valence-corrected chi connectivity index (χ4v) is 3.65. The van der Waals surface area contributed by atoms with E-state index in [0.717, 1.165) is 11.3 Å². The van der Waals surface area contributed by atoms with E-state index in [2.05, 4.69) is 20.0 Å². The molecule has 98 valence electrons. The van der Waals surface area contributed by atoms with Crippen molar-refractivity contribution in [3.63, 3.8) is 0 Å². The van der Waals surface area contributed by atoms with Crippen molar-refractivity contribution in [2.45, 2.75) is 17.2 Å². The highest BCUT2D eigenvalue weighted by atomic mass is 35.5. The van der Waals surface area contributed by atoms with E-state index < -0.39 is 10.0 Å². The average Bonchev–Trinajstić information content (AvgIpc) is 2.95. The molecule has 0 aromatic carbocycles. The largest absolute Gasteiger partial charge is 0.253 e. The molecule has 0 aliphatic carbocycles. The lowest BCUT2D eigenvalue weighted by atomic mass is 10.4. The lowest BCUT2D eigenvalue weighted by molar-refractivity contribution is 0.543. The SMILES string of the molecule is O=S(=O)(NCCCn1ccnn1)c1cnc(Cl)s1. The van der Waals surface area contributed by atoms with E-state index in [1.165, 1.54) is 6.20 Å². The van der Waals surface area contributed by atoms with Crippen LogP contribution in [-0.2, 0) is 16.6 Å². The minimum Gasteiger partial charge on any atom is -0.253 e. The molecule has 0 aliphatic heterocycles. The highest BCUT2D eigenvalue weighted by molar-refractivity contribution is 7.91. The lowest BCUT2D eigenvalue weighted by Gasteiger charge is -2.03. The van der Waals surface area contributed by atoms with E-state index >= 15 is 0 Å². The van der Waals surface area contributed by atoms with Gasteiger partial charge in [-0.25, -0.2) is 18.1 Å². The van der Waals surface area contributed by atoms with Gasteiger partial charge in [0.05, 0.1) is 12.4 Å². The maximum Gasteiger partial charge on any atom is 0.251 e. The van der Waals surface area contributed by atoms with Gasteiger partial charge in [-0.1, -0.05) is 28.2 Å². The van der Waals surface area contributed by atoms with Gasteiger partial charge in [-0.15, -0.1) is 5.10 Å². The molecule has 0 fully saturated rings. The maximum absolute atomic E-state index is 11.8. The molecule has 0 bridgehead atoms. The van der Waals surface area contributed by atoms with Gasteiger partial charge in [0.25, 0.3) is 10.0 Å². The molecule has 0 unspecified atom stereocenters. The van der Waals surface area contributed by atoms with Crippen LogP contribution in [-0.4, -0.2) is 34.9 Å². The number of aromatic nitrogens is 4. The summed E-state index contributed by atoms with van der Waals surface area (Å²) in [5, 5.41) is 7.43. The van der Waals surface area contributed by atoms with Gasteiger partial charge in [-0.05, 0) is 6.42 Å². The Morgan fingerprint density at radius 1 is 1.50 bits per heavy atom. The molecule has 2 heterocycles. The van der Waals surface area contributed by atoms with E-state index in [9.17, 15) is 8.42 Å². The Balaban J connectivity index is 1.82. The van der Waals surface area contributed by atoms with Gasteiger partial charge in [0.15, 0.2) is 8.68 Å². The number of nitrogens with zero attached hydrogens (tertiary/aromatic N) is 4. The summed E-state index contributed by atoms with van der Waals surface area (Å²) in [7, 11) is -3.50. The molecule has 0 radical (unpaired) electrons. The van der Waals surface area contributed by atoms with Gasteiger partial charge in [-0.2, -0.15) is 0 Å². The van der Waals surface area contributed by atoms with Crippen molar-refractivity contribution < 1.29 is 8.42 Å². The van der Waals surface area contributed by atoms with Crippen molar-refractivity contribution in [1.82, 2.24) is 24.7 Å². The summed E-state index contributed by atoms with van der Waals surface area (Å²) < 4.78 is 28.0. The van der Waals surface area contributed by atoms with Gasteiger partial charge in [0.2, 0.25) is 0 Å². The molecule has 18 heavy (non-hydrogen) atoms. The molecule has 0 spiro atoms. The Morgan fingerprint density at radius 2 is 2.33 bits per heavy atom. The second-order valence-electron chi connectivity index (χ2n) is 3.35. The standard InChI is InChI=1S/C8H10ClN5O2S2/c9-8-10-6-7(17-8)18(15,16)12-2-1-4-14-5-3-11-13-14/h3,5-6,12H,1-2,4H2. The van der Waals surface area contributed by atoms with Crippen molar-refractivity contribution in [1.29, 1.82) is 0 Å². The first-order valence-electron chi connectivity index (χ1n) is 5.03. The number of thiazole rings is 1. The molecule has 0 aliphatic rings. The summed E-state index contributed by atoms with van der Waals surface area (Å²) in [6.45, 7) is 0.920. The smallest absolute Gasteiger partial charge is 0.251 e. The van der Waals surface area contributed by atoms with Crippen LogP contribution < -0.4 is 4.72 Å². The van der Waals surface area contributed by atoms with Crippen molar-refractivity contribution >= 4 is 33.0 Å². The summed E-state index contributed by atoms with van der Waals surface area (Å²) in [6, 6.07) is 0. The topological polar surface area (TPSA) is 89.8 Å². The van der Waals surface area contributed by atoms with Crippen LogP contribution in [0.3, 0.4) is 0 Å². The minimum atomic E-state index is -3.50. The van der Waals surface area contributed by atoms with Gasteiger partial charge < -0.3 is 0 Å². The van der Waals surface area contributed by atoms with Crippen molar-refractivity contribution in [3.05, 3.63) is 23.1 Å². The predicted octanol–water partition coefficient (Wildman–Crippen LogP) is 0.757. The van der Waals surface area contributed by atoms with Crippen molar-refractivity contribution in [2.75, 3.05) is 6.54 Å². The van der Waals surface area contributed by atoms with Crippen LogP contribution in [0, 0.1) is 0 Å². The zero-order chi connectivity index (χ0) is 13.0. The highest BCUT2D eigenvalue weighted by Crippen LogP contribution is 2.21. The third kappa shape index (κ3) is 3.48. The summed E-state index contributed by atoms with van der Waals surface area (Å²) >= 11 is 6.52. The fraction of sp³-hybridized carbons (Fsp3) is 0.375. The van der Waals surface area contributed by atoms with Crippen LogP contribution in [0.5, 0.6) is 0 Å². The summed E-state index contributed by atoms with van der Waals surface area (Å²) in [5.41, 5.74) is 0. The van der Waals surface area contributed by atoms with Gasteiger partial charge in [-0.3, -0.25) is 4.68 Å². The summed E-state index contributed by atoms with van der Waals surface area (Å²) in [6.07, 6.45) is 5.16. The second kappa shape index (κ2) is 5.74. The van der Waals surface area contributed by atoms with E-state index in [-0.39, 0.29) is 8.68 Å². The lowest BCUT2D eigenvalue weighted by Crippen LogP contribution is -2.24. The molecule has 2 aromatic heterocycles. The highest BCUT2D eigenvalue weighted by Gasteiger charge is 2.16. The fourth-order valence-electron chi connectivity index (χ4n) is 1.23. The van der Waals surface area contributed by atoms with Crippen LogP contribution in [0.1, 0.15) is 6.42 Å². The molecular formula is C8H10ClN5O2S2. The first-order valence-corrected chi connectivity index (χ1v) is 7.71.